The van der Waals surface area contributed by atoms with Crippen LogP contribution in [0.4, 0.5) is 0 Å². The highest BCUT2D eigenvalue weighted by molar-refractivity contribution is 5.76. The third-order valence-corrected chi connectivity index (χ3v) is 4.58. The molecule has 0 atom stereocenters. The molecule has 0 N–H and O–H groups in total. The molecule has 0 heterocycles. The van der Waals surface area contributed by atoms with Gasteiger partial charge in [-0.3, -0.25) is 9.59 Å². The summed E-state index contributed by atoms with van der Waals surface area (Å²) in [7, 11) is 0. The van der Waals surface area contributed by atoms with Crippen LogP contribution in [0, 0.1) is 11.8 Å². The number of hydrogen-bond acceptors (Lipinski definition) is 4. The second-order valence-electron chi connectivity index (χ2n) is 9.43. The van der Waals surface area contributed by atoms with Gasteiger partial charge in [-0.05, 0) is 47.8 Å². The fourth-order valence-electron chi connectivity index (χ4n) is 2.80. The molecular formula is C24H38O4. The number of rotatable bonds is 10. The van der Waals surface area contributed by atoms with Gasteiger partial charge in [-0.25, -0.2) is 0 Å². The van der Waals surface area contributed by atoms with Gasteiger partial charge in [0.25, 0.3) is 0 Å². The number of benzene rings is 1. The molecule has 0 amide bonds. The topological polar surface area (TPSA) is 52.6 Å². The van der Waals surface area contributed by atoms with Crippen molar-refractivity contribution in [3.63, 3.8) is 0 Å². The van der Waals surface area contributed by atoms with Crippen LogP contribution < -0.4 is 9.47 Å². The Balaban J connectivity index is 2.87. The quantitative estimate of drug-likeness (QED) is 0.340. The fourth-order valence-corrected chi connectivity index (χ4v) is 2.80. The van der Waals surface area contributed by atoms with Crippen LogP contribution in [0.3, 0.4) is 0 Å². The standard InChI is InChI=1S/C24H38O4/c1-17(2)10-8-12-22(25)27-20-15-14-19(24(5,6)7)16-21(20)28-23(26)13-9-11-18(3)4/h14-18H,8-13H2,1-7H3. The molecule has 1 rings (SSSR count). The molecular weight excluding hydrogens is 352 g/mol. The molecule has 0 unspecified atom stereocenters. The van der Waals surface area contributed by atoms with E-state index in [2.05, 4.69) is 48.5 Å². The van der Waals surface area contributed by atoms with Crippen LogP contribution in [0.15, 0.2) is 18.2 Å². The van der Waals surface area contributed by atoms with Gasteiger partial charge in [-0.2, -0.15) is 0 Å². The minimum atomic E-state index is -0.290. The van der Waals surface area contributed by atoms with Gasteiger partial charge in [-0.15, -0.1) is 0 Å². The number of ether oxygens (including phenoxy) is 2. The van der Waals surface area contributed by atoms with Crippen LogP contribution in [-0.2, 0) is 15.0 Å². The van der Waals surface area contributed by atoms with Crippen LogP contribution in [0.5, 0.6) is 11.5 Å². The number of carbonyl (C=O) groups is 2. The zero-order valence-electron chi connectivity index (χ0n) is 18.8. The van der Waals surface area contributed by atoms with Gasteiger partial charge in [0, 0.05) is 12.8 Å². The lowest BCUT2D eigenvalue weighted by molar-refractivity contribution is -0.137. The molecule has 4 nitrogen and oxygen atoms in total. The molecule has 0 fully saturated rings. The van der Waals surface area contributed by atoms with E-state index in [0.717, 1.165) is 31.2 Å². The van der Waals surface area contributed by atoms with Gasteiger partial charge in [0.05, 0.1) is 0 Å². The second kappa shape index (κ2) is 11.2. The lowest BCUT2D eigenvalue weighted by atomic mass is 9.87. The van der Waals surface area contributed by atoms with E-state index in [1.54, 1.807) is 6.07 Å². The molecule has 0 spiro atoms. The summed E-state index contributed by atoms with van der Waals surface area (Å²) in [6.07, 6.45) is 4.27. The van der Waals surface area contributed by atoms with E-state index in [1.165, 1.54) is 0 Å². The Morgan fingerprint density at radius 2 is 1.29 bits per heavy atom. The van der Waals surface area contributed by atoms with Crippen LogP contribution in [0.2, 0.25) is 0 Å². The minimum absolute atomic E-state index is 0.0986. The Morgan fingerprint density at radius 1 is 0.821 bits per heavy atom. The van der Waals surface area contributed by atoms with E-state index in [4.69, 9.17) is 9.47 Å². The number of hydrogen-bond donors (Lipinski definition) is 0. The summed E-state index contributed by atoms with van der Waals surface area (Å²) in [5.74, 6) is 1.18. The third kappa shape index (κ3) is 9.38. The van der Waals surface area contributed by atoms with Crippen LogP contribution in [0.1, 0.15) is 92.6 Å². The van der Waals surface area contributed by atoms with Crippen LogP contribution in [-0.4, -0.2) is 11.9 Å². The maximum Gasteiger partial charge on any atom is 0.311 e. The Labute approximate surface area is 171 Å². The minimum Gasteiger partial charge on any atom is -0.423 e. The summed E-state index contributed by atoms with van der Waals surface area (Å²) in [6.45, 7) is 14.8. The van der Waals surface area contributed by atoms with E-state index in [0.29, 0.717) is 36.2 Å². The largest absolute Gasteiger partial charge is 0.423 e. The van der Waals surface area contributed by atoms with Gasteiger partial charge >= 0.3 is 11.9 Å². The molecule has 1 aromatic carbocycles. The number of esters is 2. The molecule has 4 heteroatoms. The first-order chi connectivity index (χ1) is 13.0. The summed E-state index contributed by atoms with van der Waals surface area (Å²) >= 11 is 0. The first-order valence-electron chi connectivity index (χ1n) is 10.5. The molecule has 0 saturated carbocycles. The molecule has 158 valence electrons. The van der Waals surface area contributed by atoms with Crippen molar-refractivity contribution >= 4 is 11.9 Å². The van der Waals surface area contributed by atoms with Gasteiger partial charge in [0.15, 0.2) is 11.5 Å². The smallest absolute Gasteiger partial charge is 0.311 e. The normalized spacial score (nSPS) is 11.8. The Kier molecular flexibility index (Phi) is 9.71. The maximum absolute atomic E-state index is 12.3. The number of carbonyl (C=O) groups excluding carboxylic acids is 2. The first kappa shape index (κ1) is 24.2. The molecule has 0 bridgehead atoms. The lowest BCUT2D eigenvalue weighted by Crippen LogP contribution is -2.15. The van der Waals surface area contributed by atoms with E-state index < -0.39 is 0 Å². The van der Waals surface area contributed by atoms with Crippen molar-refractivity contribution in [1.82, 2.24) is 0 Å². The molecule has 28 heavy (non-hydrogen) atoms. The van der Waals surface area contributed by atoms with Crippen molar-refractivity contribution < 1.29 is 19.1 Å². The molecule has 1 aromatic rings. The van der Waals surface area contributed by atoms with E-state index >= 15 is 0 Å². The average molecular weight is 391 g/mol. The Hall–Kier alpha value is -1.84. The predicted molar refractivity (Wildman–Crippen MR) is 114 cm³/mol. The molecule has 0 aromatic heterocycles. The zero-order valence-corrected chi connectivity index (χ0v) is 18.8. The summed E-state index contributed by atoms with van der Waals surface area (Å²) in [4.78, 5) is 24.5. The van der Waals surface area contributed by atoms with E-state index in [9.17, 15) is 9.59 Å². The molecule has 0 aliphatic rings. The van der Waals surface area contributed by atoms with E-state index in [1.807, 2.05) is 12.1 Å². The van der Waals surface area contributed by atoms with Gasteiger partial charge in [-0.1, -0.05) is 67.4 Å². The third-order valence-electron chi connectivity index (χ3n) is 4.58. The van der Waals surface area contributed by atoms with Crippen LogP contribution in [0.25, 0.3) is 0 Å². The van der Waals surface area contributed by atoms with Gasteiger partial charge in [0.2, 0.25) is 0 Å². The Morgan fingerprint density at radius 3 is 1.71 bits per heavy atom. The van der Waals surface area contributed by atoms with Crippen molar-refractivity contribution in [2.75, 3.05) is 0 Å². The van der Waals surface area contributed by atoms with Gasteiger partial charge < -0.3 is 9.47 Å². The maximum atomic E-state index is 12.3. The van der Waals surface area contributed by atoms with E-state index in [-0.39, 0.29) is 17.4 Å². The van der Waals surface area contributed by atoms with Crippen molar-refractivity contribution in [3.8, 4) is 11.5 Å². The highest BCUT2D eigenvalue weighted by Crippen LogP contribution is 2.34. The predicted octanol–water partition coefficient (Wildman–Crippen LogP) is 6.45. The highest BCUT2D eigenvalue weighted by atomic mass is 16.6. The van der Waals surface area contributed by atoms with Crippen molar-refractivity contribution in [1.29, 1.82) is 0 Å². The second-order valence-corrected chi connectivity index (χ2v) is 9.43. The van der Waals surface area contributed by atoms with Crippen molar-refractivity contribution in [2.24, 2.45) is 11.8 Å². The highest BCUT2D eigenvalue weighted by Gasteiger charge is 2.20. The molecule has 0 radical (unpaired) electrons. The monoisotopic (exact) mass is 390 g/mol. The Bertz CT molecular complexity index is 638. The lowest BCUT2D eigenvalue weighted by Gasteiger charge is -2.21. The van der Waals surface area contributed by atoms with Gasteiger partial charge in [0.1, 0.15) is 0 Å². The SMILES string of the molecule is CC(C)CCCC(=O)Oc1ccc(C(C)(C)C)cc1OC(=O)CCCC(C)C. The molecule has 0 aliphatic heterocycles. The molecule has 0 aliphatic carbocycles. The van der Waals surface area contributed by atoms with Crippen LogP contribution >= 0.6 is 0 Å². The summed E-state index contributed by atoms with van der Waals surface area (Å²) in [5, 5.41) is 0. The summed E-state index contributed by atoms with van der Waals surface area (Å²) in [5.41, 5.74) is 0.926. The molecule has 0 saturated heterocycles. The zero-order chi connectivity index (χ0) is 21.3. The van der Waals surface area contributed by atoms with Crippen molar-refractivity contribution in [3.05, 3.63) is 23.8 Å². The van der Waals surface area contributed by atoms with Crippen molar-refractivity contribution in [2.45, 2.75) is 92.4 Å². The first-order valence-corrected chi connectivity index (χ1v) is 10.5. The summed E-state index contributed by atoms with van der Waals surface area (Å²) in [6, 6.07) is 5.47. The summed E-state index contributed by atoms with van der Waals surface area (Å²) < 4.78 is 11.1. The fraction of sp³-hybridized carbons (Fsp3) is 0.667. The average Bonchev–Trinajstić information content (AvgIpc) is 2.54.